The average Bonchev–Trinajstić information content (AvgIpc) is 3.07. The number of carbonyl (C=O) groups excluding carboxylic acids is 1. The summed E-state index contributed by atoms with van der Waals surface area (Å²) in [6.45, 7) is 20.3. The van der Waals surface area contributed by atoms with Crippen LogP contribution in [-0.2, 0) is 9.53 Å². The van der Waals surface area contributed by atoms with Crippen LogP contribution in [0, 0.1) is 39.4 Å². The maximum Gasteiger partial charge on any atom is 0.302 e. The van der Waals surface area contributed by atoms with Gasteiger partial charge in [-0.3, -0.25) is 4.79 Å². The third-order valence-corrected chi connectivity index (χ3v) is 12.2. The van der Waals surface area contributed by atoms with Crippen LogP contribution in [0.3, 0.4) is 0 Å². The maximum absolute atomic E-state index is 11.8. The Kier molecular flexibility index (Phi) is 7.19. The van der Waals surface area contributed by atoms with E-state index in [4.69, 9.17) is 4.74 Å². The number of rotatable bonds is 7. The van der Waals surface area contributed by atoms with E-state index in [-0.39, 0.29) is 29.0 Å². The summed E-state index contributed by atoms with van der Waals surface area (Å²) in [5.74, 6) is 1.91. The van der Waals surface area contributed by atoms with E-state index in [9.17, 15) is 9.90 Å². The summed E-state index contributed by atoms with van der Waals surface area (Å²) in [6.07, 6.45) is 14.3. The highest BCUT2D eigenvalue weighted by Gasteiger charge is 2.63. The van der Waals surface area contributed by atoms with Gasteiger partial charge in [-0.1, -0.05) is 71.6 Å². The molecule has 0 aromatic carbocycles. The van der Waals surface area contributed by atoms with E-state index in [1.807, 2.05) is 5.57 Å². The lowest BCUT2D eigenvalue weighted by molar-refractivity contribution is -0.167. The Hall–Kier alpha value is -1.09. The summed E-state index contributed by atoms with van der Waals surface area (Å²) in [7, 11) is 0. The summed E-state index contributed by atoms with van der Waals surface area (Å²) in [4.78, 5) is 11.8. The molecule has 0 bridgehead atoms. The van der Waals surface area contributed by atoms with Crippen molar-refractivity contribution in [2.24, 2.45) is 39.4 Å². The fourth-order valence-electron chi connectivity index (χ4n) is 9.99. The Balaban J connectivity index is 1.59. The van der Waals surface area contributed by atoms with Gasteiger partial charge in [0.05, 0.1) is 6.10 Å². The number of allylic oxidation sites excluding steroid dienone is 2. The zero-order valence-corrected chi connectivity index (χ0v) is 23.7. The van der Waals surface area contributed by atoms with Crippen molar-refractivity contribution in [3.63, 3.8) is 0 Å². The van der Waals surface area contributed by atoms with Gasteiger partial charge in [-0.15, -0.1) is 6.58 Å². The molecule has 0 aromatic heterocycles. The zero-order valence-electron chi connectivity index (χ0n) is 23.7. The second-order valence-corrected chi connectivity index (χ2v) is 14.0. The van der Waals surface area contributed by atoms with E-state index in [0.717, 1.165) is 31.6 Å². The summed E-state index contributed by atoms with van der Waals surface area (Å²) in [5, 5.41) is 9.91. The van der Waals surface area contributed by atoms with E-state index in [1.165, 1.54) is 44.9 Å². The van der Waals surface area contributed by atoms with Gasteiger partial charge in [-0.2, -0.15) is 0 Å². The number of hydrogen-bond acceptors (Lipinski definition) is 3. The van der Waals surface area contributed by atoms with E-state index in [2.05, 4.69) is 48.1 Å². The third kappa shape index (κ3) is 4.16. The predicted molar refractivity (Wildman–Crippen MR) is 144 cm³/mol. The van der Waals surface area contributed by atoms with Crippen molar-refractivity contribution in [2.75, 3.05) is 0 Å². The number of aliphatic hydroxyl groups is 1. The van der Waals surface area contributed by atoms with Gasteiger partial charge in [-0.05, 0) is 91.8 Å². The minimum Gasteiger partial charge on any atom is -0.462 e. The Labute approximate surface area is 215 Å². The van der Waals surface area contributed by atoms with Crippen LogP contribution in [0.2, 0.25) is 0 Å². The standard InChI is InChI=1S/C32H52O3/c1-9-23(34)12-10-11-21(2)24-15-19-32(8)26-13-14-27-29(4,5)28(35-22(3)33)17-18-30(27,6)25(26)16-20-31(24,32)7/h9,21,23-24,27-28,34H,1,10-20H2,2-8H3/t21-,23?,24-,27+,28+,30-,31-,32+/m1/s1. The Bertz CT molecular complexity index is 870. The van der Waals surface area contributed by atoms with Crippen molar-refractivity contribution in [3.8, 4) is 0 Å². The average molecular weight is 485 g/mol. The van der Waals surface area contributed by atoms with Crippen molar-refractivity contribution < 1.29 is 14.6 Å². The molecule has 4 rings (SSSR count). The molecular formula is C32H52O3. The second-order valence-electron chi connectivity index (χ2n) is 14.0. The molecule has 0 saturated heterocycles. The van der Waals surface area contributed by atoms with Gasteiger partial charge in [0.1, 0.15) is 6.10 Å². The van der Waals surface area contributed by atoms with Crippen molar-refractivity contribution in [1.82, 2.24) is 0 Å². The topological polar surface area (TPSA) is 46.5 Å². The second kappa shape index (κ2) is 9.34. The smallest absolute Gasteiger partial charge is 0.302 e. The summed E-state index contributed by atoms with van der Waals surface area (Å²) < 4.78 is 5.86. The first kappa shape index (κ1) is 27.0. The zero-order chi connectivity index (χ0) is 25.8. The first-order valence-corrected chi connectivity index (χ1v) is 14.5. The first-order valence-electron chi connectivity index (χ1n) is 14.5. The first-order chi connectivity index (χ1) is 16.3. The molecule has 35 heavy (non-hydrogen) atoms. The number of aliphatic hydroxyl groups excluding tert-OH is 1. The van der Waals surface area contributed by atoms with Gasteiger partial charge in [0.25, 0.3) is 0 Å². The van der Waals surface area contributed by atoms with Crippen LogP contribution in [0.4, 0.5) is 0 Å². The minimum absolute atomic E-state index is 0.0155. The fraction of sp³-hybridized carbons (Fsp3) is 0.844. The van der Waals surface area contributed by atoms with Crippen molar-refractivity contribution >= 4 is 5.97 Å². The van der Waals surface area contributed by atoms with Crippen molar-refractivity contribution in [2.45, 2.75) is 131 Å². The third-order valence-electron chi connectivity index (χ3n) is 12.2. The predicted octanol–water partition coefficient (Wildman–Crippen LogP) is 8.02. The van der Waals surface area contributed by atoms with Crippen LogP contribution in [0.1, 0.15) is 119 Å². The molecular weight excluding hydrogens is 432 g/mol. The summed E-state index contributed by atoms with van der Waals surface area (Å²) in [6, 6.07) is 0. The lowest BCUT2D eigenvalue weighted by Crippen LogP contribution is -2.55. The summed E-state index contributed by atoms with van der Waals surface area (Å²) >= 11 is 0. The Morgan fingerprint density at radius 2 is 1.77 bits per heavy atom. The molecule has 4 aliphatic carbocycles. The molecule has 2 saturated carbocycles. The molecule has 3 heteroatoms. The van der Waals surface area contributed by atoms with E-state index in [0.29, 0.717) is 22.7 Å². The molecule has 0 heterocycles. The molecule has 1 unspecified atom stereocenters. The molecule has 3 nitrogen and oxygen atoms in total. The number of fused-ring (bicyclic) bond motifs is 4. The number of ether oxygens (including phenoxy) is 1. The molecule has 2 fully saturated rings. The van der Waals surface area contributed by atoms with Crippen LogP contribution in [0.15, 0.2) is 23.8 Å². The highest BCUT2D eigenvalue weighted by molar-refractivity contribution is 5.66. The number of hydrogen-bond donors (Lipinski definition) is 1. The van der Waals surface area contributed by atoms with Gasteiger partial charge in [0, 0.05) is 12.3 Å². The molecule has 0 amide bonds. The van der Waals surface area contributed by atoms with Crippen LogP contribution in [0.25, 0.3) is 0 Å². The maximum atomic E-state index is 11.8. The van der Waals surface area contributed by atoms with Gasteiger partial charge >= 0.3 is 5.97 Å². The van der Waals surface area contributed by atoms with E-state index < -0.39 is 0 Å². The van der Waals surface area contributed by atoms with Crippen molar-refractivity contribution in [1.29, 1.82) is 0 Å². The SMILES string of the molecule is C=CC(O)CCC[C@@H](C)[C@H]1CC[C@@]2(C)C3=C(CC[C@]12C)[C@@]1(C)CC[C@H](OC(C)=O)C(C)(C)[C@@H]1CC3. The van der Waals surface area contributed by atoms with Crippen molar-refractivity contribution in [3.05, 3.63) is 23.8 Å². The lowest BCUT2D eigenvalue weighted by Gasteiger charge is -2.62. The monoisotopic (exact) mass is 484 g/mol. The lowest BCUT2D eigenvalue weighted by atomic mass is 9.43. The van der Waals surface area contributed by atoms with E-state index >= 15 is 0 Å². The van der Waals surface area contributed by atoms with Crippen LogP contribution < -0.4 is 0 Å². The molecule has 4 aliphatic rings. The quantitative estimate of drug-likeness (QED) is 0.294. The molecule has 8 atom stereocenters. The normalized spacial score (nSPS) is 41.9. The van der Waals surface area contributed by atoms with Gasteiger partial charge < -0.3 is 9.84 Å². The van der Waals surface area contributed by atoms with Gasteiger partial charge in [0.2, 0.25) is 0 Å². The van der Waals surface area contributed by atoms with Gasteiger partial charge in [0.15, 0.2) is 0 Å². The number of esters is 1. The molecule has 0 radical (unpaired) electrons. The van der Waals surface area contributed by atoms with Gasteiger partial charge in [-0.25, -0.2) is 0 Å². The molecule has 0 spiro atoms. The molecule has 0 aromatic rings. The van der Waals surface area contributed by atoms with Crippen LogP contribution in [0.5, 0.6) is 0 Å². The largest absolute Gasteiger partial charge is 0.462 e. The number of carbonyl (C=O) groups is 1. The summed E-state index contributed by atoms with van der Waals surface area (Å²) in [5.41, 5.74) is 4.56. The highest BCUT2D eigenvalue weighted by atomic mass is 16.5. The van der Waals surface area contributed by atoms with E-state index in [1.54, 1.807) is 18.6 Å². The van der Waals surface area contributed by atoms with Crippen LogP contribution >= 0.6 is 0 Å². The molecule has 198 valence electrons. The Morgan fingerprint density at radius 1 is 1.06 bits per heavy atom. The molecule has 1 N–H and O–H groups in total. The molecule has 0 aliphatic heterocycles. The Morgan fingerprint density at radius 3 is 2.43 bits per heavy atom. The highest BCUT2D eigenvalue weighted by Crippen LogP contribution is 2.72. The minimum atomic E-state index is -0.356. The fourth-order valence-corrected chi connectivity index (χ4v) is 9.99. The van der Waals surface area contributed by atoms with Crippen LogP contribution in [-0.4, -0.2) is 23.3 Å².